The van der Waals surface area contributed by atoms with Gasteiger partial charge in [-0.05, 0) is 156 Å². The van der Waals surface area contributed by atoms with Gasteiger partial charge in [-0.25, -0.2) is 4.79 Å². The third-order valence-corrected chi connectivity index (χ3v) is 14.5. The van der Waals surface area contributed by atoms with Gasteiger partial charge in [-0.3, -0.25) is 0 Å². The van der Waals surface area contributed by atoms with Crippen molar-refractivity contribution < 1.29 is 9.53 Å². The first kappa shape index (κ1) is 48.8. The third kappa shape index (κ3) is 12.4. The molecule has 3 saturated carbocycles. The Morgan fingerprint density at radius 3 is 2.24 bits per heavy atom. The van der Waals surface area contributed by atoms with Gasteiger partial charge in [0.1, 0.15) is 6.10 Å². The van der Waals surface area contributed by atoms with Crippen molar-refractivity contribution in [3.63, 3.8) is 0 Å². The van der Waals surface area contributed by atoms with Crippen LogP contribution in [0.25, 0.3) is 0 Å². The van der Waals surface area contributed by atoms with Gasteiger partial charge in [-0.15, -0.1) is 37.2 Å². The summed E-state index contributed by atoms with van der Waals surface area (Å²) < 4.78 is 6.30. The van der Waals surface area contributed by atoms with Crippen molar-refractivity contribution in [2.24, 2.45) is 63.7 Å². The first-order valence-corrected chi connectivity index (χ1v) is 20.7. The summed E-state index contributed by atoms with van der Waals surface area (Å²) in [5, 5.41) is 3.48. The predicted molar refractivity (Wildman–Crippen MR) is 224 cm³/mol. The highest BCUT2D eigenvalue weighted by Crippen LogP contribution is 2.67. The second kappa shape index (κ2) is 22.3. The van der Waals surface area contributed by atoms with Gasteiger partial charge in [0, 0.05) is 31.6 Å². The topological polar surface area (TPSA) is 93.6 Å². The number of allylic oxidation sites excluding steroid dienone is 1. The second-order valence-electron chi connectivity index (χ2n) is 18.2. The Hall–Kier alpha value is -0.240. The minimum atomic E-state index is -0.137. The van der Waals surface area contributed by atoms with E-state index in [1.807, 2.05) is 18.7 Å². The van der Waals surface area contributed by atoms with Crippen LogP contribution in [0.2, 0.25) is 0 Å². The minimum absolute atomic E-state index is 0. The maximum Gasteiger partial charge on any atom is 0.410 e. The van der Waals surface area contributed by atoms with E-state index in [1.54, 1.807) is 5.57 Å². The lowest BCUT2D eigenvalue weighted by Gasteiger charge is -2.58. The van der Waals surface area contributed by atoms with E-state index in [0.29, 0.717) is 12.0 Å². The maximum absolute atomic E-state index is 13.5. The number of carbonyl (C=O) groups is 1. The first-order chi connectivity index (χ1) is 22.8. The first-order valence-electron chi connectivity index (χ1n) is 20.7. The lowest BCUT2D eigenvalue weighted by molar-refractivity contribution is -0.0595. The molecule has 302 valence electrons. The average Bonchev–Trinajstić information content (AvgIpc) is 3.39. The van der Waals surface area contributed by atoms with Crippen molar-refractivity contribution in [3.8, 4) is 0 Å². The molecule has 0 heterocycles. The van der Waals surface area contributed by atoms with Crippen molar-refractivity contribution in [1.29, 1.82) is 0 Å². The van der Waals surface area contributed by atoms with Crippen LogP contribution >= 0.6 is 37.2 Å². The van der Waals surface area contributed by atoms with Gasteiger partial charge >= 0.3 is 6.09 Å². The second-order valence-corrected chi connectivity index (χ2v) is 18.2. The summed E-state index contributed by atoms with van der Waals surface area (Å²) in [6.07, 6.45) is 20.4. The Morgan fingerprint density at radius 2 is 1.59 bits per heavy atom. The number of nitrogens with two attached hydrogens (primary N) is 2. The molecule has 3 fully saturated rings. The van der Waals surface area contributed by atoms with Crippen LogP contribution in [0.5, 0.6) is 0 Å². The molecule has 0 aliphatic heterocycles. The third-order valence-electron chi connectivity index (χ3n) is 14.5. The number of ether oxygens (including phenoxy) is 1. The van der Waals surface area contributed by atoms with Crippen LogP contribution < -0.4 is 16.8 Å². The van der Waals surface area contributed by atoms with Gasteiger partial charge in [0.15, 0.2) is 0 Å². The average molecular weight is 780 g/mol. The van der Waals surface area contributed by atoms with Crippen LogP contribution in [0, 0.1) is 52.3 Å². The van der Waals surface area contributed by atoms with E-state index >= 15 is 0 Å². The van der Waals surface area contributed by atoms with Gasteiger partial charge in [0.05, 0.1) is 0 Å². The molecule has 11 atom stereocenters. The summed E-state index contributed by atoms with van der Waals surface area (Å²) in [6.45, 7) is 22.5. The molecular weight excluding hydrogens is 699 g/mol. The number of carbonyl (C=O) groups excluding carboxylic acids is 1. The number of unbranched alkanes of at least 4 members (excludes halogenated alkanes) is 1. The lowest BCUT2D eigenvalue weighted by atomic mass is 9.47. The molecule has 2 unspecified atom stereocenters. The van der Waals surface area contributed by atoms with E-state index < -0.39 is 0 Å². The van der Waals surface area contributed by atoms with Gasteiger partial charge in [0.2, 0.25) is 0 Å². The number of nitrogens with zero attached hydrogens (tertiary/aromatic N) is 1. The van der Waals surface area contributed by atoms with Crippen molar-refractivity contribution in [2.75, 3.05) is 26.2 Å². The van der Waals surface area contributed by atoms with Crippen molar-refractivity contribution in [3.05, 3.63) is 11.6 Å². The van der Waals surface area contributed by atoms with Crippen LogP contribution in [-0.4, -0.2) is 55.4 Å². The Morgan fingerprint density at radius 1 is 0.882 bits per heavy atom. The number of hydrogen-bond acceptors (Lipinski definition) is 5. The molecule has 0 saturated heterocycles. The molecule has 0 aromatic carbocycles. The van der Waals surface area contributed by atoms with Crippen molar-refractivity contribution >= 4 is 43.3 Å². The monoisotopic (exact) mass is 779 g/mol. The molecule has 9 heteroatoms. The highest BCUT2D eigenvalue weighted by Gasteiger charge is 2.59. The van der Waals surface area contributed by atoms with Crippen LogP contribution in [0.3, 0.4) is 0 Å². The zero-order chi connectivity index (χ0) is 35.1. The molecule has 0 spiro atoms. The number of halogens is 3. The Kier molecular flexibility index (Phi) is 21.4. The van der Waals surface area contributed by atoms with E-state index in [4.69, 9.17) is 16.2 Å². The quantitative estimate of drug-likeness (QED) is 0.0951. The largest absolute Gasteiger partial charge is 0.446 e. The summed E-state index contributed by atoms with van der Waals surface area (Å²) in [7, 11) is 0. The van der Waals surface area contributed by atoms with E-state index in [0.717, 1.165) is 106 Å². The van der Waals surface area contributed by atoms with E-state index in [9.17, 15) is 4.79 Å². The van der Waals surface area contributed by atoms with Gasteiger partial charge in [-0.2, -0.15) is 0 Å². The normalized spacial score (nSPS) is 32.0. The number of hydrogen-bond donors (Lipinski definition) is 3. The molecule has 4 rings (SSSR count). The van der Waals surface area contributed by atoms with Crippen molar-refractivity contribution in [2.45, 2.75) is 170 Å². The van der Waals surface area contributed by atoms with Crippen molar-refractivity contribution in [1.82, 2.24) is 10.2 Å². The number of nitrogens with one attached hydrogen (secondary N) is 1. The lowest BCUT2D eigenvalue weighted by Crippen LogP contribution is -2.51. The van der Waals surface area contributed by atoms with E-state index in [-0.39, 0.29) is 66.9 Å². The molecule has 5 N–H and O–H groups in total. The van der Waals surface area contributed by atoms with E-state index in [1.165, 1.54) is 51.4 Å². The standard InChI is InChI=1S/C42H78N4O2.3ClH/c1-9-33(29(2)3)13-12-30(4)37-16-17-38-36-15-14-34-28-35(18-22-41(34,7)39(36)19-23-42(37,38)8)48-40(47)46(27-21-32(6)44)26-11-10-24-45-25-20-31(5)43;;;/h14,29-33,35-39,45H,9-13,15-28,43-44H2,1-8H3;3*1H/t30-,31?,32?,33-,35+,36+,37-,38+,39+,41+,42-;;;/m1.../s1. The fourth-order valence-electron chi connectivity index (χ4n) is 11.3. The zero-order valence-corrected chi connectivity index (χ0v) is 36.4. The number of fused-ring (bicyclic) bond motifs is 5. The van der Waals surface area contributed by atoms with Gasteiger partial charge < -0.3 is 26.4 Å². The van der Waals surface area contributed by atoms with Crippen LogP contribution in [0.15, 0.2) is 11.6 Å². The fourth-order valence-corrected chi connectivity index (χ4v) is 11.3. The molecule has 1 amide bonds. The summed E-state index contributed by atoms with van der Waals surface area (Å²) in [5.41, 5.74) is 14.3. The Labute approximate surface area is 333 Å². The minimum Gasteiger partial charge on any atom is -0.446 e. The van der Waals surface area contributed by atoms with Crippen LogP contribution in [-0.2, 0) is 4.74 Å². The molecule has 0 aromatic heterocycles. The zero-order valence-electron chi connectivity index (χ0n) is 33.9. The predicted octanol–water partition coefficient (Wildman–Crippen LogP) is 10.6. The summed E-state index contributed by atoms with van der Waals surface area (Å²) in [5.74, 6) is 5.91. The molecular formula is C42H81Cl3N4O2. The van der Waals surface area contributed by atoms with Gasteiger partial charge in [-0.1, -0.05) is 66.0 Å². The molecule has 0 radical (unpaired) electrons. The highest BCUT2D eigenvalue weighted by atomic mass is 35.5. The maximum atomic E-state index is 13.5. The highest BCUT2D eigenvalue weighted by molar-refractivity contribution is 5.86. The van der Waals surface area contributed by atoms with Crippen LogP contribution in [0.4, 0.5) is 4.79 Å². The fraction of sp³-hybridized carbons (Fsp3) is 0.929. The van der Waals surface area contributed by atoms with Crippen LogP contribution in [0.1, 0.15) is 152 Å². The summed E-state index contributed by atoms with van der Waals surface area (Å²) in [4.78, 5) is 15.5. The molecule has 4 aliphatic carbocycles. The molecule has 0 bridgehead atoms. The Balaban J connectivity index is 0.00000433. The molecule has 4 aliphatic rings. The molecule has 0 aromatic rings. The number of rotatable bonds is 18. The summed E-state index contributed by atoms with van der Waals surface area (Å²) in [6, 6.07) is 0.306. The SMILES string of the molecule is CC[C@H](CC[C@@H](C)[C@H]1CC[C@H]2[C@@H]3CC=C4C[C@@H](OC(=O)N(CCCCNCCC(C)N)CCC(C)N)CC[C@]4(C)[C@H]3CC[C@]12C)C(C)C.Cl.Cl.Cl. The summed E-state index contributed by atoms with van der Waals surface area (Å²) >= 11 is 0. The Bertz CT molecular complexity index is 1040. The van der Waals surface area contributed by atoms with E-state index in [2.05, 4.69) is 52.9 Å². The smallest absolute Gasteiger partial charge is 0.410 e. The molecule has 6 nitrogen and oxygen atoms in total. The molecule has 51 heavy (non-hydrogen) atoms. The van der Waals surface area contributed by atoms with Gasteiger partial charge in [0.25, 0.3) is 0 Å². The number of amides is 1.